The van der Waals surface area contributed by atoms with Gasteiger partial charge < -0.3 is 4.90 Å². The number of hydrogen-bond donors (Lipinski definition) is 0. The van der Waals surface area contributed by atoms with Gasteiger partial charge in [-0.25, -0.2) is 0 Å². The number of unbranched alkanes of at least 4 members (excludes halogenated alkanes) is 2. The van der Waals surface area contributed by atoms with Gasteiger partial charge in [-0.15, -0.1) is 0 Å². The second-order valence-corrected chi connectivity index (χ2v) is 4.64. The first-order valence-electron chi connectivity index (χ1n) is 6.53. The van der Waals surface area contributed by atoms with Crippen LogP contribution in [0.1, 0.15) is 52.4 Å². The van der Waals surface area contributed by atoms with E-state index in [-0.39, 0.29) is 0 Å². The molecule has 0 N–H and O–H groups in total. The van der Waals surface area contributed by atoms with Gasteiger partial charge in [0.25, 0.3) is 0 Å². The zero-order valence-electron chi connectivity index (χ0n) is 10.3. The predicted octanol–water partition coefficient (Wildman–Crippen LogP) is 2.87. The zero-order valence-corrected chi connectivity index (χ0v) is 10.3. The zero-order chi connectivity index (χ0) is 11.1. The molecule has 1 fully saturated rings. The van der Waals surface area contributed by atoms with Gasteiger partial charge in [0.2, 0.25) is 0 Å². The van der Waals surface area contributed by atoms with E-state index in [4.69, 9.17) is 0 Å². The van der Waals surface area contributed by atoms with Gasteiger partial charge in [0, 0.05) is 12.3 Å². The molecule has 1 heterocycles. The molecule has 15 heavy (non-hydrogen) atoms. The number of piperidine rings is 1. The van der Waals surface area contributed by atoms with Crippen LogP contribution in [0.15, 0.2) is 0 Å². The van der Waals surface area contributed by atoms with Crippen molar-refractivity contribution in [2.75, 3.05) is 19.6 Å². The summed E-state index contributed by atoms with van der Waals surface area (Å²) in [6.45, 7) is 7.74. The highest BCUT2D eigenvalue weighted by Gasteiger charge is 2.22. The van der Waals surface area contributed by atoms with Crippen LogP contribution in [0, 0.1) is 5.92 Å². The Morgan fingerprint density at radius 3 is 2.40 bits per heavy atom. The van der Waals surface area contributed by atoms with Crippen molar-refractivity contribution in [1.82, 2.24) is 4.90 Å². The maximum absolute atomic E-state index is 11.5. The van der Waals surface area contributed by atoms with E-state index >= 15 is 0 Å². The van der Waals surface area contributed by atoms with Crippen molar-refractivity contribution >= 4 is 5.78 Å². The van der Waals surface area contributed by atoms with Crippen molar-refractivity contribution in [1.29, 1.82) is 0 Å². The SMILES string of the molecule is CCCCCN1CCC(C(=O)CC)CC1. The van der Waals surface area contributed by atoms with Gasteiger partial charge in [-0.3, -0.25) is 4.79 Å². The molecule has 1 aliphatic heterocycles. The van der Waals surface area contributed by atoms with E-state index < -0.39 is 0 Å². The lowest BCUT2D eigenvalue weighted by atomic mass is 9.91. The molecule has 1 saturated heterocycles. The Morgan fingerprint density at radius 1 is 1.20 bits per heavy atom. The van der Waals surface area contributed by atoms with Crippen LogP contribution in [0.5, 0.6) is 0 Å². The summed E-state index contributed by atoms with van der Waals surface area (Å²) in [6.07, 6.45) is 6.87. The predicted molar refractivity (Wildman–Crippen MR) is 64.0 cm³/mol. The molecule has 0 spiro atoms. The fourth-order valence-electron chi connectivity index (χ4n) is 2.35. The smallest absolute Gasteiger partial charge is 0.135 e. The summed E-state index contributed by atoms with van der Waals surface area (Å²) < 4.78 is 0. The lowest BCUT2D eigenvalue weighted by Gasteiger charge is -2.31. The minimum absolute atomic E-state index is 0.373. The number of hydrogen-bond acceptors (Lipinski definition) is 2. The van der Waals surface area contributed by atoms with E-state index in [1.807, 2.05) is 6.92 Å². The molecule has 0 aromatic carbocycles. The van der Waals surface area contributed by atoms with E-state index in [0.29, 0.717) is 11.7 Å². The van der Waals surface area contributed by atoms with Crippen LogP contribution in [0.4, 0.5) is 0 Å². The standard InChI is InChI=1S/C13H25NO/c1-3-5-6-9-14-10-7-12(8-11-14)13(15)4-2/h12H,3-11H2,1-2H3. The highest BCUT2D eigenvalue weighted by atomic mass is 16.1. The molecule has 1 rings (SSSR count). The average molecular weight is 211 g/mol. The van der Waals surface area contributed by atoms with Crippen molar-refractivity contribution < 1.29 is 4.79 Å². The Balaban J connectivity index is 2.15. The summed E-state index contributed by atoms with van der Waals surface area (Å²) in [5, 5.41) is 0. The normalized spacial score (nSPS) is 19.3. The van der Waals surface area contributed by atoms with Crippen LogP contribution >= 0.6 is 0 Å². The molecule has 0 atom stereocenters. The topological polar surface area (TPSA) is 20.3 Å². The summed E-state index contributed by atoms with van der Waals surface area (Å²) in [7, 11) is 0. The minimum Gasteiger partial charge on any atom is -0.303 e. The molecular formula is C13H25NO. The van der Waals surface area contributed by atoms with E-state index in [2.05, 4.69) is 11.8 Å². The van der Waals surface area contributed by atoms with Crippen LogP contribution in [-0.2, 0) is 4.79 Å². The van der Waals surface area contributed by atoms with Gasteiger partial charge in [-0.05, 0) is 38.9 Å². The maximum atomic E-state index is 11.5. The van der Waals surface area contributed by atoms with Gasteiger partial charge in [0.15, 0.2) is 0 Å². The number of ketones is 1. The summed E-state index contributed by atoms with van der Waals surface area (Å²) in [4.78, 5) is 14.0. The summed E-state index contributed by atoms with van der Waals surface area (Å²) >= 11 is 0. The number of likely N-dealkylation sites (tertiary alicyclic amines) is 1. The minimum atomic E-state index is 0.373. The Morgan fingerprint density at radius 2 is 1.87 bits per heavy atom. The highest BCUT2D eigenvalue weighted by molar-refractivity contribution is 5.80. The van der Waals surface area contributed by atoms with Gasteiger partial charge >= 0.3 is 0 Å². The molecular weight excluding hydrogens is 186 g/mol. The molecule has 2 heteroatoms. The average Bonchev–Trinajstić information content (AvgIpc) is 2.29. The molecule has 0 saturated carbocycles. The van der Waals surface area contributed by atoms with Crippen molar-refractivity contribution in [3.05, 3.63) is 0 Å². The summed E-state index contributed by atoms with van der Waals surface area (Å²) in [6, 6.07) is 0. The van der Waals surface area contributed by atoms with E-state index in [1.165, 1.54) is 25.8 Å². The third-order valence-electron chi connectivity index (χ3n) is 3.47. The number of Topliss-reactive ketones (excluding diaryl/α,β-unsaturated/α-hetero) is 1. The first-order chi connectivity index (χ1) is 7.27. The quantitative estimate of drug-likeness (QED) is 0.630. The lowest BCUT2D eigenvalue weighted by molar-refractivity contribution is -0.123. The largest absolute Gasteiger partial charge is 0.303 e. The number of nitrogens with zero attached hydrogens (tertiary/aromatic N) is 1. The molecule has 0 bridgehead atoms. The summed E-state index contributed by atoms with van der Waals surface area (Å²) in [5.74, 6) is 0.848. The van der Waals surface area contributed by atoms with Crippen LogP contribution in [0.25, 0.3) is 0 Å². The van der Waals surface area contributed by atoms with Crippen molar-refractivity contribution in [3.63, 3.8) is 0 Å². The first-order valence-corrected chi connectivity index (χ1v) is 6.53. The fraction of sp³-hybridized carbons (Fsp3) is 0.923. The Labute approximate surface area is 94.0 Å². The molecule has 0 unspecified atom stereocenters. The van der Waals surface area contributed by atoms with Gasteiger partial charge in [-0.2, -0.15) is 0 Å². The third-order valence-corrected chi connectivity index (χ3v) is 3.47. The Kier molecular flexibility index (Phi) is 5.92. The molecule has 0 aliphatic carbocycles. The molecule has 2 nitrogen and oxygen atoms in total. The van der Waals surface area contributed by atoms with Crippen molar-refractivity contribution in [2.45, 2.75) is 52.4 Å². The van der Waals surface area contributed by atoms with E-state index in [0.717, 1.165) is 32.4 Å². The second kappa shape index (κ2) is 7.00. The Hall–Kier alpha value is -0.370. The number of rotatable bonds is 6. The van der Waals surface area contributed by atoms with Crippen LogP contribution < -0.4 is 0 Å². The molecule has 0 aromatic rings. The summed E-state index contributed by atoms with van der Waals surface area (Å²) in [5.41, 5.74) is 0. The first kappa shape index (κ1) is 12.7. The van der Waals surface area contributed by atoms with Gasteiger partial charge in [-0.1, -0.05) is 26.7 Å². The number of carbonyl (C=O) groups excluding carboxylic acids is 1. The van der Waals surface area contributed by atoms with Crippen LogP contribution in [0.3, 0.4) is 0 Å². The van der Waals surface area contributed by atoms with Crippen molar-refractivity contribution in [3.8, 4) is 0 Å². The lowest BCUT2D eigenvalue weighted by Crippen LogP contribution is -2.36. The van der Waals surface area contributed by atoms with Gasteiger partial charge in [0.05, 0.1) is 0 Å². The maximum Gasteiger partial charge on any atom is 0.135 e. The second-order valence-electron chi connectivity index (χ2n) is 4.64. The molecule has 0 aromatic heterocycles. The van der Waals surface area contributed by atoms with E-state index in [9.17, 15) is 4.79 Å². The third kappa shape index (κ3) is 4.33. The molecule has 88 valence electrons. The van der Waals surface area contributed by atoms with E-state index in [1.54, 1.807) is 0 Å². The molecule has 0 radical (unpaired) electrons. The Bertz CT molecular complexity index is 183. The van der Waals surface area contributed by atoms with Crippen LogP contribution in [-0.4, -0.2) is 30.3 Å². The molecule has 1 aliphatic rings. The highest BCUT2D eigenvalue weighted by Crippen LogP contribution is 2.19. The van der Waals surface area contributed by atoms with Crippen LogP contribution in [0.2, 0.25) is 0 Å². The molecule has 0 amide bonds. The van der Waals surface area contributed by atoms with Crippen molar-refractivity contribution in [2.24, 2.45) is 5.92 Å². The monoisotopic (exact) mass is 211 g/mol. The van der Waals surface area contributed by atoms with Gasteiger partial charge in [0.1, 0.15) is 5.78 Å². The number of carbonyl (C=O) groups is 1. The fourth-order valence-corrected chi connectivity index (χ4v) is 2.35.